The number of hydrogen-bond donors (Lipinski definition) is 2. The summed E-state index contributed by atoms with van der Waals surface area (Å²) in [6.07, 6.45) is 10.4. The molecular weight excluding hydrogens is 252 g/mol. The van der Waals surface area contributed by atoms with Crippen LogP contribution in [-0.4, -0.2) is 47.2 Å². The van der Waals surface area contributed by atoms with Gasteiger partial charge < -0.3 is 15.3 Å². The number of carbonyl (C=O) groups excluding carboxylic acids is 1. The molecule has 0 aromatic rings. The summed E-state index contributed by atoms with van der Waals surface area (Å²) in [6, 6.07) is 0.441. The molecule has 2 fully saturated rings. The van der Waals surface area contributed by atoms with Crippen LogP contribution in [0.15, 0.2) is 0 Å². The average Bonchev–Trinajstić information content (AvgIpc) is 2.97. The molecule has 0 aromatic heterocycles. The number of carbonyl (C=O) groups is 1. The van der Waals surface area contributed by atoms with Crippen molar-refractivity contribution in [3.8, 4) is 0 Å². The van der Waals surface area contributed by atoms with Crippen molar-refractivity contribution in [3.05, 3.63) is 0 Å². The Morgan fingerprint density at radius 3 is 2.40 bits per heavy atom. The van der Waals surface area contributed by atoms with Gasteiger partial charge in [-0.25, -0.2) is 0 Å². The van der Waals surface area contributed by atoms with E-state index in [0.29, 0.717) is 12.6 Å². The second kappa shape index (κ2) is 7.41. The minimum absolute atomic E-state index is 0.149. The molecule has 2 rings (SSSR count). The summed E-state index contributed by atoms with van der Waals surface area (Å²) in [5, 5.41) is 12.9. The highest BCUT2D eigenvalue weighted by Gasteiger charge is 2.34. The lowest BCUT2D eigenvalue weighted by molar-refractivity contribution is -0.133. The molecule has 20 heavy (non-hydrogen) atoms. The van der Waals surface area contributed by atoms with Crippen molar-refractivity contribution in [2.45, 2.75) is 76.3 Å². The fourth-order valence-electron chi connectivity index (χ4n) is 3.84. The smallest absolute Gasteiger partial charge is 0.236 e. The average molecular weight is 282 g/mol. The predicted molar refractivity (Wildman–Crippen MR) is 80.5 cm³/mol. The van der Waals surface area contributed by atoms with Crippen molar-refractivity contribution in [2.75, 3.05) is 19.7 Å². The molecule has 0 atom stereocenters. The molecular formula is C16H30N2O2. The maximum absolute atomic E-state index is 12.5. The van der Waals surface area contributed by atoms with Gasteiger partial charge >= 0.3 is 0 Å². The molecule has 0 heterocycles. The Morgan fingerprint density at radius 2 is 1.85 bits per heavy atom. The van der Waals surface area contributed by atoms with Crippen LogP contribution in [0.3, 0.4) is 0 Å². The molecule has 2 N–H and O–H groups in total. The van der Waals surface area contributed by atoms with Crippen molar-refractivity contribution in [3.63, 3.8) is 0 Å². The summed E-state index contributed by atoms with van der Waals surface area (Å²) < 4.78 is 0. The topological polar surface area (TPSA) is 52.6 Å². The number of likely N-dealkylation sites (N-methyl/N-ethyl adjacent to an activating group) is 1. The van der Waals surface area contributed by atoms with Gasteiger partial charge in [-0.05, 0) is 32.6 Å². The minimum Gasteiger partial charge on any atom is -0.394 e. The van der Waals surface area contributed by atoms with Gasteiger partial charge in [0, 0.05) is 18.1 Å². The van der Waals surface area contributed by atoms with Gasteiger partial charge in [0.2, 0.25) is 5.91 Å². The van der Waals surface area contributed by atoms with E-state index in [2.05, 4.69) is 12.2 Å². The quantitative estimate of drug-likeness (QED) is 0.784. The van der Waals surface area contributed by atoms with E-state index in [1.807, 2.05) is 4.90 Å². The van der Waals surface area contributed by atoms with Crippen molar-refractivity contribution in [2.24, 2.45) is 0 Å². The summed E-state index contributed by atoms with van der Waals surface area (Å²) >= 11 is 0. The van der Waals surface area contributed by atoms with Crippen molar-refractivity contribution < 1.29 is 9.90 Å². The molecule has 2 saturated carbocycles. The van der Waals surface area contributed by atoms with Gasteiger partial charge in [0.25, 0.3) is 0 Å². The first-order valence-corrected chi connectivity index (χ1v) is 8.36. The van der Waals surface area contributed by atoms with E-state index < -0.39 is 0 Å². The molecule has 4 nitrogen and oxygen atoms in total. The maximum Gasteiger partial charge on any atom is 0.236 e. The number of nitrogens with one attached hydrogen (secondary N) is 1. The molecule has 0 radical (unpaired) electrons. The van der Waals surface area contributed by atoms with E-state index in [-0.39, 0.29) is 18.1 Å². The first-order chi connectivity index (χ1) is 9.71. The first-order valence-electron chi connectivity index (χ1n) is 8.36. The highest BCUT2D eigenvalue weighted by molar-refractivity contribution is 5.78. The van der Waals surface area contributed by atoms with E-state index in [4.69, 9.17) is 0 Å². The molecule has 116 valence electrons. The molecule has 2 aliphatic carbocycles. The van der Waals surface area contributed by atoms with E-state index in [1.165, 1.54) is 19.3 Å². The van der Waals surface area contributed by atoms with Crippen LogP contribution < -0.4 is 5.32 Å². The van der Waals surface area contributed by atoms with Gasteiger partial charge in [0.15, 0.2) is 0 Å². The summed E-state index contributed by atoms with van der Waals surface area (Å²) in [6.45, 7) is 3.40. The molecule has 4 heteroatoms. The zero-order valence-electron chi connectivity index (χ0n) is 12.9. The summed E-state index contributed by atoms with van der Waals surface area (Å²) in [5.74, 6) is 0.208. The zero-order valence-corrected chi connectivity index (χ0v) is 12.9. The van der Waals surface area contributed by atoms with Crippen LogP contribution >= 0.6 is 0 Å². The number of aliphatic hydroxyl groups excluding tert-OH is 1. The van der Waals surface area contributed by atoms with Gasteiger partial charge in [0.05, 0.1) is 13.2 Å². The van der Waals surface area contributed by atoms with Crippen LogP contribution in [0.1, 0.15) is 64.7 Å². The Bertz CT molecular complexity index is 308. The Kier molecular flexibility index (Phi) is 5.85. The molecule has 1 amide bonds. The van der Waals surface area contributed by atoms with E-state index in [1.54, 1.807) is 0 Å². The molecule has 0 spiro atoms. The third-order valence-corrected chi connectivity index (χ3v) is 5.15. The third-order valence-electron chi connectivity index (χ3n) is 5.15. The SMILES string of the molecule is CCN(C(=O)CNC1(CO)CCCC1)C1CCCCC1. The lowest BCUT2D eigenvalue weighted by Gasteiger charge is -2.35. The minimum atomic E-state index is -0.193. The fourth-order valence-corrected chi connectivity index (χ4v) is 3.84. The highest BCUT2D eigenvalue weighted by Crippen LogP contribution is 2.29. The molecule has 0 bridgehead atoms. The summed E-state index contributed by atoms with van der Waals surface area (Å²) in [5.41, 5.74) is -0.193. The number of aliphatic hydroxyl groups is 1. The van der Waals surface area contributed by atoms with Gasteiger partial charge in [-0.3, -0.25) is 4.79 Å². The van der Waals surface area contributed by atoms with E-state index in [9.17, 15) is 9.90 Å². The van der Waals surface area contributed by atoms with Gasteiger partial charge in [0.1, 0.15) is 0 Å². The van der Waals surface area contributed by atoms with Crippen LogP contribution in [0.2, 0.25) is 0 Å². The summed E-state index contributed by atoms with van der Waals surface area (Å²) in [7, 11) is 0. The van der Waals surface area contributed by atoms with Crippen molar-refractivity contribution >= 4 is 5.91 Å². The number of rotatable bonds is 6. The lowest BCUT2D eigenvalue weighted by Crippen LogP contribution is -2.52. The third kappa shape index (κ3) is 3.73. The lowest BCUT2D eigenvalue weighted by atomic mass is 9.94. The fraction of sp³-hybridized carbons (Fsp3) is 0.938. The largest absolute Gasteiger partial charge is 0.394 e. The van der Waals surface area contributed by atoms with Gasteiger partial charge in [-0.15, -0.1) is 0 Å². The number of nitrogens with zero attached hydrogens (tertiary/aromatic N) is 1. The van der Waals surface area contributed by atoms with E-state index in [0.717, 1.165) is 45.1 Å². The Labute approximate surface area is 122 Å². The number of hydrogen-bond acceptors (Lipinski definition) is 3. The monoisotopic (exact) mass is 282 g/mol. The molecule has 0 unspecified atom stereocenters. The highest BCUT2D eigenvalue weighted by atomic mass is 16.3. The summed E-state index contributed by atoms with van der Waals surface area (Å²) in [4.78, 5) is 14.5. The van der Waals surface area contributed by atoms with Gasteiger partial charge in [-0.2, -0.15) is 0 Å². The van der Waals surface area contributed by atoms with Crippen molar-refractivity contribution in [1.29, 1.82) is 0 Å². The maximum atomic E-state index is 12.5. The Hall–Kier alpha value is -0.610. The van der Waals surface area contributed by atoms with Crippen molar-refractivity contribution in [1.82, 2.24) is 10.2 Å². The first kappa shape index (κ1) is 15.8. The molecule has 0 aromatic carbocycles. The van der Waals surface area contributed by atoms with Crippen LogP contribution in [0.25, 0.3) is 0 Å². The van der Waals surface area contributed by atoms with Crippen LogP contribution in [-0.2, 0) is 4.79 Å². The second-order valence-electron chi connectivity index (χ2n) is 6.47. The molecule has 2 aliphatic rings. The normalized spacial score (nSPS) is 22.9. The Balaban J connectivity index is 1.85. The van der Waals surface area contributed by atoms with Crippen LogP contribution in [0.5, 0.6) is 0 Å². The predicted octanol–water partition coefficient (Wildman–Crippen LogP) is 2.06. The number of amides is 1. The van der Waals surface area contributed by atoms with Gasteiger partial charge in [-0.1, -0.05) is 32.1 Å². The molecule has 0 aliphatic heterocycles. The Morgan fingerprint density at radius 1 is 1.20 bits per heavy atom. The molecule has 0 saturated heterocycles. The zero-order chi connectivity index (χ0) is 14.4. The van der Waals surface area contributed by atoms with Crippen LogP contribution in [0.4, 0.5) is 0 Å². The standard InChI is InChI=1S/C16H30N2O2/c1-2-18(14-8-4-3-5-9-14)15(20)12-17-16(13-19)10-6-7-11-16/h14,17,19H,2-13H2,1H3. The second-order valence-corrected chi connectivity index (χ2v) is 6.47. The van der Waals surface area contributed by atoms with Crippen LogP contribution in [0, 0.1) is 0 Å². The van der Waals surface area contributed by atoms with E-state index >= 15 is 0 Å².